The number of ether oxygens (including phenoxy) is 1. The highest BCUT2D eigenvalue weighted by atomic mass is 16.5. The van der Waals surface area contributed by atoms with Gasteiger partial charge in [-0.05, 0) is 36.8 Å². The van der Waals surface area contributed by atoms with Crippen molar-refractivity contribution in [1.29, 1.82) is 0 Å². The Morgan fingerprint density at radius 1 is 1.08 bits per heavy atom. The van der Waals surface area contributed by atoms with E-state index in [9.17, 15) is 9.59 Å². The van der Waals surface area contributed by atoms with Crippen LogP contribution in [-0.4, -0.2) is 25.0 Å². The Morgan fingerprint density at radius 2 is 1.80 bits per heavy atom. The molecule has 1 amide bonds. The molecule has 2 aromatic carbocycles. The molecule has 0 aliphatic carbocycles. The zero-order chi connectivity index (χ0) is 17.7. The topological polar surface area (TPSA) is 59.8 Å². The van der Waals surface area contributed by atoms with E-state index >= 15 is 0 Å². The van der Waals surface area contributed by atoms with Gasteiger partial charge in [0.1, 0.15) is 11.3 Å². The van der Waals surface area contributed by atoms with Crippen LogP contribution in [0.2, 0.25) is 0 Å². The summed E-state index contributed by atoms with van der Waals surface area (Å²) >= 11 is 0. The Bertz CT molecular complexity index is 1050. The number of amides is 1. The average Bonchev–Trinajstić information content (AvgIpc) is 2.88. The van der Waals surface area contributed by atoms with E-state index in [1.165, 1.54) is 0 Å². The average molecular weight is 335 g/mol. The van der Waals surface area contributed by atoms with Gasteiger partial charge in [-0.2, -0.15) is 0 Å². The highest BCUT2D eigenvalue weighted by Gasteiger charge is 2.40. The molecular formula is C20H17NO4. The van der Waals surface area contributed by atoms with E-state index in [0.29, 0.717) is 16.5 Å². The van der Waals surface area contributed by atoms with Crippen molar-refractivity contribution in [2.45, 2.75) is 13.0 Å². The minimum atomic E-state index is -0.463. The van der Waals surface area contributed by atoms with Crippen molar-refractivity contribution in [2.24, 2.45) is 0 Å². The van der Waals surface area contributed by atoms with Crippen molar-refractivity contribution in [3.63, 3.8) is 0 Å². The van der Waals surface area contributed by atoms with Gasteiger partial charge in [0.15, 0.2) is 5.43 Å². The van der Waals surface area contributed by atoms with E-state index in [-0.39, 0.29) is 17.1 Å². The summed E-state index contributed by atoms with van der Waals surface area (Å²) in [6.07, 6.45) is 0. The molecule has 3 aromatic rings. The lowest BCUT2D eigenvalue weighted by atomic mass is 9.98. The van der Waals surface area contributed by atoms with Crippen molar-refractivity contribution >= 4 is 16.9 Å². The second-order valence-corrected chi connectivity index (χ2v) is 6.27. The van der Waals surface area contributed by atoms with Crippen molar-refractivity contribution in [3.8, 4) is 5.75 Å². The Balaban J connectivity index is 1.98. The van der Waals surface area contributed by atoms with Crippen LogP contribution in [0.15, 0.2) is 51.7 Å². The lowest BCUT2D eigenvalue weighted by Crippen LogP contribution is -2.25. The van der Waals surface area contributed by atoms with E-state index in [1.54, 1.807) is 31.2 Å². The number of hydrogen-bond acceptors (Lipinski definition) is 4. The van der Waals surface area contributed by atoms with E-state index in [1.807, 2.05) is 37.3 Å². The van der Waals surface area contributed by atoms with E-state index in [2.05, 4.69) is 0 Å². The molecule has 126 valence electrons. The molecule has 5 heteroatoms. The number of nitrogens with zero attached hydrogens (tertiary/aromatic N) is 1. The number of aryl methyl sites for hydroxylation is 1. The van der Waals surface area contributed by atoms with Crippen molar-refractivity contribution in [3.05, 3.63) is 75.1 Å². The molecule has 0 fully saturated rings. The van der Waals surface area contributed by atoms with Gasteiger partial charge in [0.2, 0.25) is 5.76 Å². The standard InChI is InChI=1S/C20H17NO4/c1-11-4-9-15-14(10-11)18(22)16-17(21(2)20(23)19(16)25-15)12-5-7-13(24-3)8-6-12/h4-10,17H,1-3H3/t17-/m1/s1. The summed E-state index contributed by atoms with van der Waals surface area (Å²) in [5, 5.41) is 0.500. The number of carbonyl (C=O) groups is 1. The molecule has 4 rings (SSSR count). The molecule has 5 nitrogen and oxygen atoms in total. The Kier molecular flexibility index (Phi) is 3.39. The Morgan fingerprint density at radius 3 is 2.48 bits per heavy atom. The smallest absolute Gasteiger partial charge is 0.290 e. The summed E-state index contributed by atoms with van der Waals surface area (Å²) in [7, 11) is 3.28. The summed E-state index contributed by atoms with van der Waals surface area (Å²) in [5.74, 6) is 0.567. The van der Waals surface area contributed by atoms with Crippen LogP contribution in [0.25, 0.3) is 11.0 Å². The quantitative estimate of drug-likeness (QED) is 0.721. The van der Waals surface area contributed by atoms with Crippen LogP contribution in [0.5, 0.6) is 5.75 Å². The third-order valence-corrected chi connectivity index (χ3v) is 4.69. The fourth-order valence-electron chi connectivity index (χ4n) is 3.38. The second kappa shape index (κ2) is 5.48. The summed E-state index contributed by atoms with van der Waals surface area (Å²) < 4.78 is 11.0. The lowest BCUT2D eigenvalue weighted by molar-refractivity contribution is 0.0771. The Labute approximate surface area is 144 Å². The minimum Gasteiger partial charge on any atom is -0.497 e. The predicted octanol–water partition coefficient (Wildman–Crippen LogP) is 3.29. The van der Waals surface area contributed by atoms with Crippen molar-refractivity contribution in [1.82, 2.24) is 4.90 Å². The Hall–Kier alpha value is -3.08. The van der Waals surface area contributed by atoms with Gasteiger partial charge < -0.3 is 14.1 Å². The van der Waals surface area contributed by atoms with Gasteiger partial charge in [0.25, 0.3) is 5.91 Å². The molecule has 0 radical (unpaired) electrons. The molecule has 2 heterocycles. The first kappa shape index (κ1) is 15.4. The third-order valence-electron chi connectivity index (χ3n) is 4.69. The highest BCUT2D eigenvalue weighted by molar-refractivity contribution is 5.98. The molecular weight excluding hydrogens is 318 g/mol. The monoisotopic (exact) mass is 335 g/mol. The maximum Gasteiger partial charge on any atom is 0.290 e. The van der Waals surface area contributed by atoms with Crippen LogP contribution in [0.3, 0.4) is 0 Å². The van der Waals surface area contributed by atoms with Gasteiger partial charge in [-0.3, -0.25) is 9.59 Å². The zero-order valence-corrected chi connectivity index (χ0v) is 14.2. The maximum atomic E-state index is 13.1. The summed E-state index contributed by atoms with van der Waals surface area (Å²) in [5.41, 5.74) is 2.49. The van der Waals surface area contributed by atoms with Crippen LogP contribution < -0.4 is 10.2 Å². The van der Waals surface area contributed by atoms with E-state index in [0.717, 1.165) is 16.9 Å². The molecule has 25 heavy (non-hydrogen) atoms. The molecule has 1 aliphatic heterocycles. The molecule has 0 spiro atoms. The van der Waals surface area contributed by atoms with Crippen LogP contribution in [0.1, 0.15) is 33.3 Å². The minimum absolute atomic E-state index is 0.129. The number of carbonyl (C=O) groups excluding carboxylic acids is 1. The molecule has 0 N–H and O–H groups in total. The van der Waals surface area contributed by atoms with E-state index < -0.39 is 6.04 Å². The van der Waals surface area contributed by atoms with Crippen LogP contribution in [0.4, 0.5) is 0 Å². The van der Waals surface area contributed by atoms with Gasteiger partial charge >= 0.3 is 0 Å². The molecule has 1 atom stereocenters. The van der Waals surface area contributed by atoms with Crippen molar-refractivity contribution < 1.29 is 13.9 Å². The van der Waals surface area contributed by atoms with Gasteiger partial charge in [-0.1, -0.05) is 23.8 Å². The van der Waals surface area contributed by atoms with Crippen molar-refractivity contribution in [2.75, 3.05) is 14.2 Å². The highest BCUT2D eigenvalue weighted by Crippen LogP contribution is 2.37. The molecule has 0 unspecified atom stereocenters. The molecule has 0 saturated heterocycles. The summed E-state index contributed by atoms with van der Waals surface area (Å²) in [6, 6.07) is 12.3. The molecule has 1 aromatic heterocycles. The number of rotatable bonds is 2. The van der Waals surface area contributed by atoms with E-state index in [4.69, 9.17) is 9.15 Å². The summed E-state index contributed by atoms with van der Waals surface area (Å²) in [6.45, 7) is 1.92. The van der Waals surface area contributed by atoms with Gasteiger partial charge in [0.05, 0.1) is 24.1 Å². The van der Waals surface area contributed by atoms with Gasteiger partial charge in [-0.15, -0.1) is 0 Å². The largest absolute Gasteiger partial charge is 0.497 e. The first-order valence-corrected chi connectivity index (χ1v) is 7.99. The number of fused-ring (bicyclic) bond motifs is 2. The molecule has 0 saturated carbocycles. The molecule has 1 aliphatic rings. The van der Waals surface area contributed by atoms with Gasteiger partial charge in [-0.25, -0.2) is 0 Å². The normalized spacial score (nSPS) is 16.4. The fourth-order valence-corrected chi connectivity index (χ4v) is 3.38. The number of benzene rings is 2. The first-order chi connectivity index (χ1) is 12.0. The number of methoxy groups -OCH3 is 1. The number of hydrogen-bond donors (Lipinski definition) is 0. The lowest BCUT2D eigenvalue weighted by Gasteiger charge is -2.20. The summed E-state index contributed by atoms with van der Waals surface area (Å²) in [4.78, 5) is 27.3. The zero-order valence-electron chi connectivity index (χ0n) is 14.2. The van der Waals surface area contributed by atoms with Crippen LogP contribution >= 0.6 is 0 Å². The first-order valence-electron chi connectivity index (χ1n) is 7.99. The van der Waals surface area contributed by atoms with Crippen LogP contribution in [-0.2, 0) is 0 Å². The van der Waals surface area contributed by atoms with Crippen LogP contribution in [0, 0.1) is 6.92 Å². The SMILES string of the molecule is COc1ccc([C@@H]2c3c(oc4ccc(C)cc4c3=O)C(=O)N2C)cc1. The third kappa shape index (κ3) is 2.23. The fraction of sp³-hybridized carbons (Fsp3) is 0.200. The van der Waals surface area contributed by atoms with Gasteiger partial charge in [0, 0.05) is 7.05 Å². The maximum absolute atomic E-state index is 13.1. The molecule has 0 bridgehead atoms. The second-order valence-electron chi connectivity index (χ2n) is 6.27. The predicted molar refractivity (Wildman–Crippen MR) is 94.2 cm³/mol.